The summed E-state index contributed by atoms with van der Waals surface area (Å²) in [4.78, 5) is 38.4. The monoisotopic (exact) mass is 1150 g/mol. The van der Waals surface area contributed by atoms with Crippen molar-refractivity contribution in [2.24, 2.45) is 0 Å². The molecular weight excluding hydrogens is 1020 g/mol. The molecule has 0 aliphatic heterocycles. The van der Waals surface area contributed by atoms with Crippen molar-refractivity contribution in [2.45, 2.75) is 335 Å². The maximum Gasteiger partial charge on any atom is 0.306 e. The van der Waals surface area contributed by atoms with Crippen molar-refractivity contribution in [3.05, 3.63) is 122 Å². The molecule has 1 unspecified atom stereocenters. The molecule has 6 nitrogen and oxygen atoms in total. The highest BCUT2D eigenvalue weighted by atomic mass is 16.6. The second-order valence-corrected chi connectivity index (χ2v) is 23.0. The lowest BCUT2D eigenvalue weighted by Gasteiger charge is -2.18. The minimum absolute atomic E-state index is 0.0882. The summed E-state index contributed by atoms with van der Waals surface area (Å²) in [5.74, 6) is -0.905. The summed E-state index contributed by atoms with van der Waals surface area (Å²) in [5, 5.41) is 0. The maximum atomic E-state index is 13.0. The van der Waals surface area contributed by atoms with Crippen LogP contribution in [0, 0.1) is 0 Å². The quantitative estimate of drug-likeness (QED) is 0.0261. The van der Waals surface area contributed by atoms with E-state index >= 15 is 0 Å². The molecule has 0 saturated heterocycles. The molecule has 0 N–H and O–H groups in total. The highest BCUT2D eigenvalue weighted by Gasteiger charge is 2.19. The molecule has 0 fully saturated rings. The molecule has 0 heterocycles. The average Bonchev–Trinajstić information content (AvgIpc) is 3.49. The van der Waals surface area contributed by atoms with Crippen LogP contribution < -0.4 is 0 Å². The van der Waals surface area contributed by atoms with Crippen LogP contribution in [0.2, 0.25) is 0 Å². The van der Waals surface area contributed by atoms with Crippen LogP contribution >= 0.6 is 0 Å². The first-order valence-corrected chi connectivity index (χ1v) is 35.0. The van der Waals surface area contributed by atoms with Gasteiger partial charge in [0, 0.05) is 19.3 Å². The lowest BCUT2D eigenvalue weighted by molar-refractivity contribution is -0.167. The first-order chi connectivity index (χ1) is 41.0. The van der Waals surface area contributed by atoms with Crippen molar-refractivity contribution >= 4 is 17.9 Å². The molecule has 0 aliphatic carbocycles. The van der Waals surface area contributed by atoms with E-state index in [9.17, 15) is 14.4 Å². The number of hydrogen-bond acceptors (Lipinski definition) is 6. The number of rotatable bonds is 63. The Labute approximate surface area is 513 Å². The van der Waals surface area contributed by atoms with Crippen LogP contribution in [0.3, 0.4) is 0 Å². The lowest BCUT2D eigenvalue weighted by Crippen LogP contribution is -2.30. The van der Waals surface area contributed by atoms with Crippen LogP contribution in [0.1, 0.15) is 329 Å². The fraction of sp³-hybridized carbons (Fsp3) is 0.701. The van der Waals surface area contributed by atoms with Crippen molar-refractivity contribution in [1.82, 2.24) is 0 Å². The second kappa shape index (κ2) is 70.3. The smallest absolute Gasteiger partial charge is 0.306 e. The van der Waals surface area contributed by atoms with Gasteiger partial charge < -0.3 is 14.2 Å². The van der Waals surface area contributed by atoms with Gasteiger partial charge in [-0.2, -0.15) is 0 Å². The number of carbonyl (C=O) groups is 3. The van der Waals surface area contributed by atoms with Crippen molar-refractivity contribution in [1.29, 1.82) is 0 Å². The summed E-state index contributed by atoms with van der Waals surface area (Å²) in [7, 11) is 0. The Morgan fingerprint density at radius 3 is 0.735 bits per heavy atom. The normalized spacial score (nSPS) is 12.9. The maximum absolute atomic E-state index is 13.0. The lowest BCUT2D eigenvalue weighted by atomic mass is 10.0. The third-order valence-corrected chi connectivity index (χ3v) is 14.9. The summed E-state index contributed by atoms with van der Waals surface area (Å²) in [5.41, 5.74) is 0. The molecule has 1 atom stereocenters. The van der Waals surface area contributed by atoms with Crippen LogP contribution in [-0.4, -0.2) is 37.2 Å². The fourth-order valence-corrected chi connectivity index (χ4v) is 9.75. The zero-order chi connectivity index (χ0) is 59.9. The molecule has 0 aromatic carbocycles. The number of hydrogen-bond donors (Lipinski definition) is 0. The van der Waals surface area contributed by atoms with Crippen LogP contribution in [-0.2, 0) is 28.6 Å². The van der Waals surface area contributed by atoms with Gasteiger partial charge in [0.1, 0.15) is 13.2 Å². The van der Waals surface area contributed by atoms with E-state index in [1.54, 1.807) is 0 Å². The van der Waals surface area contributed by atoms with Gasteiger partial charge in [-0.3, -0.25) is 14.4 Å². The Morgan fingerprint density at radius 1 is 0.253 bits per heavy atom. The van der Waals surface area contributed by atoms with E-state index in [0.29, 0.717) is 19.3 Å². The number of carbonyl (C=O) groups excluding carboxylic acids is 3. The van der Waals surface area contributed by atoms with E-state index in [1.807, 2.05) is 0 Å². The van der Waals surface area contributed by atoms with Gasteiger partial charge in [-0.25, -0.2) is 0 Å². The third-order valence-electron chi connectivity index (χ3n) is 14.9. The van der Waals surface area contributed by atoms with Gasteiger partial charge in [-0.15, -0.1) is 0 Å². The average molecular weight is 1150 g/mol. The Kier molecular flexibility index (Phi) is 66.7. The van der Waals surface area contributed by atoms with E-state index in [-0.39, 0.29) is 31.1 Å². The molecular formula is C77H130O6. The molecule has 0 bridgehead atoms. The SMILES string of the molecule is CC/C=C\C/C=C\C/C=C\C/C=C\CCCCCCCCCCC(=O)OC(COC(=O)CCCCCCC/C=C\C/C=C\C/C=C\CC)COC(=O)CCCCCCCCCCCCCCCC/C=C\C/C=C\C/C=C\CCCCCCC. The third kappa shape index (κ3) is 68.5. The number of allylic oxidation sites excluding steroid dienone is 20. The van der Waals surface area contributed by atoms with Gasteiger partial charge in [-0.05, 0) is 128 Å². The van der Waals surface area contributed by atoms with Gasteiger partial charge in [0.2, 0.25) is 0 Å². The molecule has 474 valence electrons. The summed E-state index contributed by atoms with van der Waals surface area (Å²) >= 11 is 0. The second-order valence-electron chi connectivity index (χ2n) is 23.0. The van der Waals surface area contributed by atoms with E-state index in [4.69, 9.17) is 14.2 Å². The Balaban J connectivity index is 4.32. The summed E-state index contributed by atoms with van der Waals surface area (Å²) in [6.07, 6.45) is 97.9. The Bertz CT molecular complexity index is 1700. The predicted octanol–water partition coefficient (Wildman–Crippen LogP) is 24.3. The van der Waals surface area contributed by atoms with Crippen molar-refractivity contribution in [3.63, 3.8) is 0 Å². The van der Waals surface area contributed by atoms with E-state index < -0.39 is 6.10 Å². The summed E-state index contributed by atoms with van der Waals surface area (Å²) in [6, 6.07) is 0. The largest absolute Gasteiger partial charge is 0.462 e. The van der Waals surface area contributed by atoms with Crippen LogP contribution in [0.15, 0.2) is 122 Å². The van der Waals surface area contributed by atoms with Crippen molar-refractivity contribution in [3.8, 4) is 0 Å². The summed E-state index contributed by atoms with van der Waals surface area (Å²) in [6.45, 7) is 6.41. The highest BCUT2D eigenvalue weighted by Crippen LogP contribution is 2.17. The molecule has 0 aromatic rings. The number of unbranched alkanes of at least 4 members (excludes halogenated alkanes) is 32. The summed E-state index contributed by atoms with van der Waals surface area (Å²) < 4.78 is 17.0. The first-order valence-electron chi connectivity index (χ1n) is 35.0. The Morgan fingerprint density at radius 2 is 0.470 bits per heavy atom. The van der Waals surface area contributed by atoms with Crippen molar-refractivity contribution < 1.29 is 28.6 Å². The zero-order valence-electron chi connectivity index (χ0n) is 54.4. The minimum Gasteiger partial charge on any atom is -0.462 e. The van der Waals surface area contributed by atoms with Gasteiger partial charge in [0.25, 0.3) is 0 Å². The molecule has 0 saturated carbocycles. The van der Waals surface area contributed by atoms with E-state index in [1.165, 1.54) is 148 Å². The zero-order valence-corrected chi connectivity index (χ0v) is 54.4. The van der Waals surface area contributed by atoms with Crippen LogP contribution in [0.25, 0.3) is 0 Å². The van der Waals surface area contributed by atoms with Crippen molar-refractivity contribution in [2.75, 3.05) is 13.2 Å². The number of esters is 3. The number of ether oxygens (including phenoxy) is 3. The first kappa shape index (κ1) is 78.8. The molecule has 83 heavy (non-hydrogen) atoms. The van der Waals surface area contributed by atoms with E-state index in [2.05, 4.69) is 142 Å². The minimum atomic E-state index is -0.795. The van der Waals surface area contributed by atoms with Gasteiger partial charge in [0.05, 0.1) is 0 Å². The Hall–Kier alpha value is -4.19. The fourth-order valence-electron chi connectivity index (χ4n) is 9.75. The molecule has 0 aromatic heterocycles. The van der Waals surface area contributed by atoms with Gasteiger partial charge >= 0.3 is 17.9 Å². The van der Waals surface area contributed by atoms with Crippen LogP contribution in [0.5, 0.6) is 0 Å². The predicted molar refractivity (Wildman–Crippen MR) is 362 cm³/mol. The molecule has 0 rings (SSSR count). The molecule has 0 spiro atoms. The molecule has 0 amide bonds. The van der Waals surface area contributed by atoms with Crippen LogP contribution in [0.4, 0.5) is 0 Å². The topological polar surface area (TPSA) is 78.9 Å². The van der Waals surface area contributed by atoms with Gasteiger partial charge in [0.15, 0.2) is 6.10 Å². The standard InChI is InChI=1S/C77H130O6/c1-4-7-10-13-16-19-22-25-28-30-32-34-35-36-37-38-39-40-41-43-44-46-49-52-55-58-61-64-67-70-76(79)82-73-74(72-81-75(78)69-66-63-60-57-54-51-48-27-24-21-18-15-12-9-6-3)83-77(80)71-68-65-62-59-56-53-50-47-45-42-33-31-29-26-23-20-17-14-11-8-5-2/h8-9,11-12,17-18,20-22,25-27,29-30,32-33,35-36,42,48,74H,4-7,10,13-16,19,23-24,28,31,34,37-41,43-47,49-73H2,1-3H3/b11-8-,12-9-,20-17-,21-18-,25-22-,29-26-,32-30-,36-35-,42-33-,48-27-. The highest BCUT2D eigenvalue weighted by molar-refractivity contribution is 5.71. The van der Waals surface area contributed by atoms with Gasteiger partial charge in [-0.1, -0.05) is 303 Å². The molecule has 6 heteroatoms. The molecule has 0 radical (unpaired) electrons. The van der Waals surface area contributed by atoms with E-state index in [0.717, 1.165) is 141 Å². The molecule has 0 aliphatic rings.